The number of benzene rings is 1. The number of halogens is 2. The maximum absolute atomic E-state index is 13.0. The normalized spacial score (nSPS) is 16.8. The number of hydrogen-bond donors (Lipinski definition) is 1. The molecule has 0 radical (unpaired) electrons. The highest BCUT2D eigenvalue weighted by molar-refractivity contribution is 9.10. The summed E-state index contributed by atoms with van der Waals surface area (Å²) in [4.78, 5) is 0. The summed E-state index contributed by atoms with van der Waals surface area (Å²) >= 11 is 3.43. The summed E-state index contributed by atoms with van der Waals surface area (Å²) in [6.07, 6.45) is 6.19. The Morgan fingerprint density at radius 2 is 2.22 bits per heavy atom. The van der Waals surface area contributed by atoms with E-state index in [1.54, 1.807) is 12.1 Å². The number of nitrogens with one attached hydrogen (secondary N) is 1. The van der Waals surface area contributed by atoms with E-state index in [0.29, 0.717) is 6.04 Å². The Labute approximate surface area is 117 Å². The number of rotatable bonds is 7. The van der Waals surface area contributed by atoms with Gasteiger partial charge in [0.1, 0.15) is 5.82 Å². The van der Waals surface area contributed by atoms with E-state index in [0.717, 1.165) is 23.4 Å². The van der Waals surface area contributed by atoms with Crippen LogP contribution in [0.2, 0.25) is 0 Å². The molecule has 1 unspecified atom stereocenters. The molecule has 100 valence electrons. The molecule has 1 aromatic rings. The standard InChI is InChI=1S/C15H21BrFN/c1-2-18-15(12-6-7-12)5-3-4-11-8-9-13(17)10-14(11)16/h8-10,12,15,18H,2-7H2,1H3. The predicted octanol–water partition coefficient (Wildman–Crippen LogP) is 4.30. The molecular formula is C15H21BrFN. The lowest BCUT2D eigenvalue weighted by Crippen LogP contribution is -2.30. The molecule has 0 amide bonds. The summed E-state index contributed by atoms with van der Waals surface area (Å²) < 4.78 is 13.9. The first-order chi connectivity index (χ1) is 8.70. The zero-order valence-electron chi connectivity index (χ0n) is 10.9. The van der Waals surface area contributed by atoms with Gasteiger partial charge in [-0.1, -0.05) is 28.9 Å². The Morgan fingerprint density at radius 3 is 2.83 bits per heavy atom. The van der Waals surface area contributed by atoms with Crippen molar-refractivity contribution in [3.63, 3.8) is 0 Å². The molecule has 1 nitrogen and oxygen atoms in total. The van der Waals surface area contributed by atoms with Crippen molar-refractivity contribution in [2.75, 3.05) is 6.54 Å². The monoisotopic (exact) mass is 313 g/mol. The van der Waals surface area contributed by atoms with Crippen LogP contribution >= 0.6 is 15.9 Å². The average Bonchev–Trinajstić information content (AvgIpc) is 3.15. The van der Waals surface area contributed by atoms with E-state index in [9.17, 15) is 4.39 Å². The van der Waals surface area contributed by atoms with Gasteiger partial charge >= 0.3 is 0 Å². The van der Waals surface area contributed by atoms with Gasteiger partial charge in [-0.05, 0) is 62.3 Å². The molecule has 3 heteroatoms. The quantitative estimate of drug-likeness (QED) is 0.791. The van der Waals surface area contributed by atoms with Crippen molar-refractivity contribution >= 4 is 15.9 Å². The van der Waals surface area contributed by atoms with Gasteiger partial charge in [-0.2, -0.15) is 0 Å². The summed E-state index contributed by atoms with van der Waals surface area (Å²) in [6.45, 7) is 3.23. The van der Waals surface area contributed by atoms with Crippen molar-refractivity contribution in [3.05, 3.63) is 34.1 Å². The van der Waals surface area contributed by atoms with E-state index < -0.39 is 0 Å². The van der Waals surface area contributed by atoms with Gasteiger partial charge in [0.2, 0.25) is 0 Å². The van der Waals surface area contributed by atoms with E-state index >= 15 is 0 Å². The Morgan fingerprint density at radius 1 is 1.44 bits per heavy atom. The average molecular weight is 314 g/mol. The van der Waals surface area contributed by atoms with Gasteiger partial charge in [-0.15, -0.1) is 0 Å². The third-order valence-electron chi connectivity index (χ3n) is 3.63. The highest BCUT2D eigenvalue weighted by atomic mass is 79.9. The van der Waals surface area contributed by atoms with Crippen LogP contribution < -0.4 is 5.32 Å². The van der Waals surface area contributed by atoms with Gasteiger partial charge in [0.05, 0.1) is 0 Å². The Hall–Kier alpha value is -0.410. The molecule has 0 saturated heterocycles. The van der Waals surface area contributed by atoms with Crippen LogP contribution in [0.3, 0.4) is 0 Å². The molecule has 0 heterocycles. The van der Waals surface area contributed by atoms with Crippen molar-refractivity contribution < 1.29 is 4.39 Å². The van der Waals surface area contributed by atoms with E-state index in [4.69, 9.17) is 0 Å². The molecule has 0 aliphatic heterocycles. The molecule has 1 aliphatic rings. The fourth-order valence-corrected chi connectivity index (χ4v) is 3.05. The second kappa shape index (κ2) is 6.67. The molecule has 1 aliphatic carbocycles. The van der Waals surface area contributed by atoms with Crippen LogP contribution in [-0.2, 0) is 6.42 Å². The van der Waals surface area contributed by atoms with E-state index in [2.05, 4.69) is 28.2 Å². The molecule has 1 aromatic carbocycles. The zero-order valence-corrected chi connectivity index (χ0v) is 12.5. The zero-order chi connectivity index (χ0) is 13.0. The maximum Gasteiger partial charge on any atom is 0.124 e. The lowest BCUT2D eigenvalue weighted by molar-refractivity contribution is 0.434. The molecule has 18 heavy (non-hydrogen) atoms. The van der Waals surface area contributed by atoms with Crippen LogP contribution in [0, 0.1) is 11.7 Å². The highest BCUT2D eigenvalue weighted by Crippen LogP contribution is 2.34. The molecule has 1 fully saturated rings. The molecule has 0 spiro atoms. The molecule has 1 atom stereocenters. The van der Waals surface area contributed by atoms with Gasteiger partial charge in [0.15, 0.2) is 0 Å². The first kappa shape index (κ1) is 14.0. The largest absolute Gasteiger partial charge is 0.314 e. The van der Waals surface area contributed by atoms with Gasteiger partial charge in [0, 0.05) is 10.5 Å². The Balaban J connectivity index is 1.79. The van der Waals surface area contributed by atoms with Gasteiger partial charge < -0.3 is 5.32 Å². The molecular weight excluding hydrogens is 293 g/mol. The summed E-state index contributed by atoms with van der Waals surface area (Å²) in [6, 6.07) is 5.67. The summed E-state index contributed by atoms with van der Waals surface area (Å²) in [5, 5.41) is 3.58. The van der Waals surface area contributed by atoms with Crippen molar-refractivity contribution in [3.8, 4) is 0 Å². The van der Waals surface area contributed by atoms with Gasteiger partial charge in [-0.3, -0.25) is 0 Å². The smallest absolute Gasteiger partial charge is 0.124 e. The highest BCUT2D eigenvalue weighted by Gasteiger charge is 2.29. The van der Waals surface area contributed by atoms with E-state index in [1.807, 2.05) is 6.07 Å². The number of hydrogen-bond acceptors (Lipinski definition) is 1. The lowest BCUT2D eigenvalue weighted by atomic mass is 10.0. The molecule has 1 N–H and O–H groups in total. The minimum absolute atomic E-state index is 0.172. The second-order valence-corrected chi connectivity index (χ2v) is 5.98. The van der Waals surface area contributed by atoms with Gasteiger partial charge in [0.25, 0.3) is 0 Å². The third kappa shape index (κ3) is 4.06. The van der Waals surface area contributed by atoms with Crippen LogP contribution in [0.15, 0.2) is 22.7 Å². The molecule has 1 saturated carbocycles. The number of aryl methyl sites for hydroxylation is 1. The van der Waals surface area contributed by atoms with Crippen molar-refractivity contribution in [1.82, 2.24) is 5.32 Å². The van der Waals surface area contributed by atoms with Gasteiger partial charge in [-0.25, -0.2) is 4.39 Å². The Bertz CT molecular complexity index is 390. The van der Waals surface area contributed by atoms with Crippen molar-refractivity contribution in [2.24, 2.45) is 5.92 Å². The molecule has 0 aromatic heterocycles. The minimum atomic E-state index is -0.172. The van der Waals surface area contributed by atoms with Crippen LogP contribution in [0.1, 0.15) is 38.2 Å². The SMILES string of the molecule is CCNC(CCCc1ccc(F)cc1Br)C1CC1. The Kier molecular flexibility index (Phi) is 5.19. The van der Waals surface area contributed by atoms with Crippen LogP contribution in [-0.4, -0.2) is 12.6 Å². The topological polar surface area (TPSA) is 12.0 Å². The third-order valence-corrected chi connectivity index (χ3v) is 4.37. The van der Waals surface area contributed by atoms with Crippen LogP contribution in [0.25, 0.3) is 0 Å². The fraction of sp³-hybridized carbons (Fsp3) is 0.600. The fourth-order valence-electron chi connectivity index (χ4n) is 2.50. The summed E-state index contributed by atoms with van der Waals surface area (Å²) in [5.74, 6) is 0.732. The molecule has 0 bridgehead atoms. The van der Waals surface area contributed by atoms with Crippen LogP contribution in [0.4, 0.5) is 4.39 Å². The summed E-state index contributed by atoms with van der Waals surface area (Å²) in [7, 11) is 0. The predicted molar refractivity (Wildman–Crippen MR) is 77.2 cm³/mol. The maximum atomic E-state index is 13.0. The van der Waals surface area contributed by atoms with E-state index in [-0.39, 0.29) is 5.82 Å². The minimum Gasteiger partial charge on any atom is -0.314 e. The van der Waals surface area contributed by atoms with Crippen molar-refractivity contribution in [1.29, 1.82) is 0 Å². The lowest BCUT2D eigenvalue weighted by Gasteiger charge is -2.17. The first-order valence-corrected chi connectivity index (χ1v) is 7.67. The summed E-state index contributed by atoms with van der Waals surface area (Å²) in [5.41, 5.74) is 1.21. The van der Waals surface area contributed by atoms with Crippen LogP contribution in [0.5, 0.6) is 0 Å². The first-order valence-electron chi connectivity index (χ1n) is 6.88. The molecule has 2 rings (SSSR count). The second-order valence-electron chi connectivity index (χ2n) is 5.13. The van der Waals surface area contributed by atoms with E-state index in [1.165, 1.54) is 31.2 Å². The van der Waals surface area contributed by atoms with Crippen molar-refractivity contribution in [2.45, 2.75) is 45.1 Å².